The first-order chi connectivity index (χ1) is 14.2. The van der Waals surface area contributed by atoms with Crippen LogP contribution in [0.25, 0.3) is 20.8 Å². The Morgan fingerprint density at radius 1 is 0.966 bits per heavy atom. The van der Waals surface area contributed by atoms with Gasteiger partial charge in [-0.25, -0.2) is 4.98 Å². The maximum Gasteiger partial charge on any atom is 0.251 e. The lowest BCUT2D eigenvalue weighted by atomic mass is 10.1. The van der Waals surface area contributed by atoms with E-state index in [0.717, 1.165) is 21.7 Å². The molecule has 0 fully saturated rings. The number of hydrogen-bond donors (Lipinski definition) is 1. The fraction of sp³-hybridized carbons (Fsp3) is 0.130. The number of thiazole rings is 1. The van der Waals surface area contributed by atoms with Crippen molar-refractivity contribution in [2.24, 2.45) is 0 Å². The van der Waals surface area contributed by atoms with Gasteiger partial charge in [-0.15, -0.1) is 11.3 Å². The Morgan fingerprint density at radius 2 is 1.66 bits per heavy atom. The summed E-state index contributed by atoms with van der Waals surface area (Å²) in [7, 11) is 3.12. The molecule has 5 nitrogen and oxygen atoms in total. The number of carbonyl (C=O) groups is 1. The van der Waals surface area contributed by atoms with Crippen LogP contribution in [-0.2, 0) is 6.54 Å². The summed E-state index contributed by atoms with van der Waals surface area (Å²) in [6, 6.07) is 21.3. The summed E-state index contributed by atoms with van der Waals surface area (Å²) in [6.45, 7) is 0.429. The molecule has 146 valence electrons. The van der Waals surface area contributed by atoms with Crippen molar-refractivity contribution in [3.8, 4) is 22.1 Å². The average Bonchev–Trinajstić information content (AvgIpc) is 3.21. The summed E-state index contributed by atoms with van der Waals surface area (Å²) in [4.78, 5) is 17.2. The Labute approximate surface area is 172 Å². The molecule has 3 aromatic carbocycles. The minimum Gasteiger partial charge on any atom is -0.497 e. The first kappa shape index (κ1) is 19.0. The van der Waals surface area contributed by atoms with Crippen molar-refractivity contribution in [2.45, 2.75) is 6.54 Å². The molecule has 6 heteroatoms. The third-order valence-electron chi connectivity index (χ3n) is 4.56. The molecule has 4 aromatic rings. The summed E-state index contributed by atoms with van der Waals surface area (Å²) in [5.74, 6) is 0.974. The van der Waals surface area contributed by atoms with E-state index in [-0.39, 0.29) is 5.91 Å². The van der Waals surface area contributed by atoms with Crippen LogP contribution < -0.4 is 14.8 Å². The van der Waals surface area contributed by atoms with E-state index < -0.39 is 0 Å². The molecular formula is C23H20N2O3S. The van der Waals surface area contributed by atoms with Crippen LogP contribution in [0.15, 0.2) is 66.7 Å². The Bertz CT molecular complexity index is 1100. The van der Waals surface area contributed by atoms with Crippen LogP contribution >= 0.6 is 11.3 Å². The number of aromatic nitrogens is 1. The molecule has 0 aliphatic heterocycles. The number of carbonyl (C=O) groups excluding carboxylic acids is 1. The smallest absolute Gasteiger partial charge is 0.251 e. The summed E-state index contributed by atoms with van der Waals surface area (Å²) >= 11 is 1.67. The van der Waals surface area contributed by atoms with E-state index in [4.69, 9.17) is 9.47 Å². The van der Waals surface area contributed by atoms with Crippen LogP contribution in [0.2, 0.25) is 0 Å². The van der Waals surface area contributed by atoms with E-state index in [1.165, 1.54) is 4.70 Å². The molecule has 1 aromatic heterocycles. The van der Waals surface area contributed by atoms with Crippen molar-refractivity contribution in [3.05, 3.63) is 77.9 Å². The molecule has 0 saturated carbocycles. The second-order valence-electron chi connectivity index (χ2n) is 6.47. The van der Waals surface area contributed by atoms with Gasteiger partial charge in [0.2, 0.25) is 0 Å². The van der Waals surface area contributed by atoms with Gasteiger partial charge in [-0.3, -0.25) is 4.79 Å². The van der Waals surface area contributed by atoms with Crippen LogP contribution in [-0.4, -0.2) is 25.1 Å². The number of benzene rings is 3. The van der Waals surface area contributed by atoms with Crippen LogP contribution in [0.5, 0.6) is 11.5 Å². The topological polar surface area (TPSA) is 60.5 Å². The SMILES string of the molecule is COc1cc(OC)cc(C(=O)NCc2ccc(-c3nc4ccccc4s3)cc2)c1. The van der Waals surface area contributed by atoms with Gasteiger partial charge in [-0.05, 0) is 29.8 Å². The minimum absolute atomic E-state index is 0.183. The standard InChI is InChI=1S/C23H20N2O3S/c1-27-18-11-17(12-19(13-18)28-2)22(26)24-14-15-7-9-16(10-8-15)23-25-20-5-3-4-6-21(20)29-23/h3-13H,14H2,1-2H3,(H,24,26). The van der Waals surface area contributed by atoms with Crippen molar-refractivity contribution < 1.29 is 14.3 Å². The lowest BCUT2D eigenvalue weighted by molar-refractivity contribution is 0.0950. The Balaban J connectivity index is 1.44. The molecule has 0 radical (unpaired) electrons. The highest BCUT2D eigenvalue weighted by Gasteiger charge is 2.10. The first-order valence-electron chi connectivity index (χ1n) is 9.12. The Hall–Kier alpha value is -3.38. The second-order valence-corrected chi connectivity index (χ2v) is 7.50. The zero-order valence-electron chi connectivity index (χ0n) is 16.1. The molecule has 1 amide bonds. The highest BCUT2D eigenvalue weighted by Crippen LogP contribution is 2.30. The fourth-order valence-electron chi connectivity index (χ4n) is 2.98. The van der Waals surface area contributed by atoms with Crippen molar-refractivity contribution >= 4 is 27.5 Å². The normalized spacial score (nSPS) is 10.7. The maximum absolute atomic E-state index is 12.5. The zero-order valence-corrected chi connectivity index (χ0v) is 17.0. The third kappa shape index (κ3) is 4.22. The number of methoxy groups -OCH3 is 2. The average molecular weight is 404 g/mol. The van der Waals surface area contributed by atoms with Gasteiger partial charge < -0.3 is 14.8 Å². The maximum atomic E-state index is 12.5. The highest BCUT2D eigenvalue weighted by atomic mass is 32.1. The molecule has 0 saturated heterocycles. The molecule has 0 atom stereocenters. The van der Waals surface area contributed by atoms with Crippen molar-refractivity contribution in [2.75, 3.05) is 14.2 Å². The van der Waals surface area contributed by atoms with Crippen molar-refractivity contribution in [3.63, 3.8) is 0 Å². The second kappa shape index (κ2) is 8.32. The van der Waals surface area contributed by atoms with E-state index in [1.807, 2.05) is 42.5 Å². The molecule has 0 unspecified atom stereocenters. The fourth-order valence-corrected chi connectivity index (χ4v) is 3.95. The number of fused-ring (bicyclic) bond motifs is 1. The molecule has 1 heterocycles. The molecule has 0 aliphatic rings. The van der Waals surface area contributed by atoms with Gasteiger partial charge in [-0.1, -0.05) is 36.4 Å². The number of nitrogens with one attached hydrogen (secondary N) is 1. The van der Waals surface area contributed by atoms with E-state index in [2.05, 4.69) is 16.4 Å². The molecule has 29 heavy (non-hydrogen) atoms. The van der Waals surface area contributed by atoms with Gasteiger partial charge in [0.15, 0.2) is 0 Å². The molecule has 0 bridgehead atoms. The molecule has 4 rings (SSSR count). The zero-order chi connectivity index (χ0) is 20.2. The van der Waals surface area contributed by atoms with Gasteiger partial charge in [-0.2, -0.15) is 0 Å². The van der Waals surface area contributed by atoms with Crippen LogP contribution in [0.3, 0.4) is 0 Å². The van der Waals surface area contributed by atoms with Gasteiger partial charge in [0.05, 0.1) is 24.4 Å². The van der Waals surface area contributed by atoms with Crippen LogP contribution in [0.1, 0.15) is 15.9 Å². The Morgan fingerprint density at radius 3 is 2.31 bits per heavy atom. The largest absolute Gasteiger partial charge is 0.497 e. The summed E-state index contributed by atoms with van der Waals surface area (Å²) in [5, 5.41) is 3.93. The molecule has 0 spiro atoms. The Kier molecular flexibility index (Phi) is 5.44. The molecule has 1 N–H and O–H groups in total. The predicted molar refractivity (Wildman–Crippen MR) is 116 cm³/mol. The number of para-hydroxylation sites is 1. The monoisotopic (exact) mass is 404 g/mol. The number of nitrogens with zero attached hydrogens (tertiary/aromatic N) is 1. The number of ether oxygens (including phenoxy) is 2. The summed E-state index contributed by atoms with van der Waals surface area (Å²) < 4.78 is 11.6. The number of hydrogen-bond acceptors (Lipinski definition) is 5. The van der Waals surface area contributed by atoms with Crippen molar-refractivity contribution in [1.82, 2.24) is 10.3 Å². The number of rotatable bonds is 6. The van der Waals surface area contributed by atoms with Gasteiger partial charge in [0.25, 0.3) is 5.91 Å². The predicted octanol–water partition coefficient (Wildman–Crippen LogP) is 4.91. The minimum atomic E-state index is -0.183. The lowest BCUT2D eigenvalue weighted by Gasteiger charge is -2.09. The molecular weight excluding hydrogens is 384 g/mol. The quantitative estimate of drug-likeness (QED) is 0.496. The van der Waals surface area contributed by atoms with Gasteiger partial charge >= 0.3 is 0 Å². The van der Waals surface area contributed by atoms with E-state index in [0.29, 0.717) is 23.6 Å². The highest BCUT2D eigenvalue weighted by molar-refractivity contribution is 7.21. The third-order valence-corrected chi connectivity index (χ3v) is 5.65. The van der Waals surface area contributed by atoms with Gasteiger partial charge in [0.1, 0.15) is 16.5 Å². The van der Waals surface area contributed by atoms with E-state index in [1.54, 1.807) is 43.8 Å². The first-order valence-corrected chi connectivity index (χ1v) is 9.94. The van der Waals surface area contributed by atoms with E-state index >= 15 is 0 Å². The lowest BCUT2D eigenvalue weighted by Crippen LogP contribution is -2.22. The van der Waals surface area contributed by atoms with Gasteiger partial charge in [0, 0.05) is 23.7 Å². The van der Waals surface area contributed by atoms with Crippen LogP contribution in [0.4, 0.5) is 0 Å². The summed E-state index contributed by atoms with van der Waals surface area (Å²) in [6.07, 6.45) is 0. The van der Waals surface area contributed by atoms with E-state index in [9.17, 15) is 4.79 Å². The summed E-state index contributed by atoms with van der Waals surface area (Å²) in [5.41, 5.74) is 3.58. The van der Waals surface area contributed by atoms with Crippen LogP contribution in [0, 0.1) is 0 Å². The molecule has 0 aliphatic carbocycles. The number of amides is 1. The van der Waals surface area contributed by atoms with Crippen molar-refractivity contribution in [1.29, 1.82) is 0 Å².